The Labute approximate surface area is 148 Å². The van der Waals surface area contributed by atoms with E-state index in [1.807, 2.05) is 39.0 Å². The summed E-state index contributed by atoms with van der Waals surface area (Å²) in [5, 5.41) is 5.80. The molecule has 0 heterocycles. The molecule has 0 unspecified atom stereocenters. The van der Waals surface area contributed by atoms with Crippen LogP contribution in [0.5, 0.6) is 0 Å². The van der Waals surface area contributed by atoms with Gasteiger partial charge >= 0.3 is 5.97 Å². The molecule has 25 heavy (non-hydrogen) atoms. The number of carbonyl (C=O) groups excluding carboxylic acids is 2. The first-order valence-corrected chi connectivity index (χ1v) is 8.20. The van der Waals surface area contributed by atoms with E-state index in [2.05, 4.69) is 10.6 Å². The molecular formula is C20H24N2O3. The van der Waals surface area contributed by atoms with Crippen molar-refractivity contribution in [2.75, 3.05) is 17.7 Å². The number of amides is 1. The first kappa shape index (κ1) is 18.5. The molecule has 0 saturated heterocycles. The van der Waals surface area contributed by atoms with Crippen LogP contribution in [0.4, 0.5) is 11.4 Å². The van der Waals surface area contributed by atoms with E-state index in [-0.39, 0.29) is 5.91 Å². The first-order chi connectivity index (χ1) is 11.8. The summed E-state index contributed by atoms with van der Waals surface area (Å²) in [5.74, 6) is -0.893. The van der Waals surface area contributed by atoms with Crippen LogP contribution in [0.25, 0.3) is 0 Å². The average Bonchev–Trinajstić information content (AvgIpc) is 2.57. The number of anilines is 2. The highest BCUT2D eigenvalue weighted by Gasteiger charge is 2.21. The van der Waals surface area contributed by atoms with Gasteiger partial charge in [-0.15, -0.1) is 0 Å². The Bertz CT molecular complexity index is 776. The summed E-state index contributed by atoms with van der Waals surface area (Å²) >= 11 is 0. The summed E-state index contributed by atoms with van der Waals surface area (Å²) in [5.41, 5.74) is 4.90. The zero-order chi connectivity index (χ0) is 18.6. The minimum atomic E-state index is -0.905. The Kier molecular flexibility index (Phi) is 5.80. The number of benzene rings is 2. The normalized spacial score (nSPS) is 11.6. The van der Waals surface area contributed by atoms with E-state index in [0.29, 0.717) is 11.3 Å². The Morgan fingerprint density at radius 1 is 1.04 bits per heavy atom. The van der Waals surface area contributed by atoms with Gasteiger partial charge in [-0.1, -0.05) is 29.8 Å². The topological polar surface area (TPSA) is 67.4 Å². The molecule has 1 atom stereocenters. The van der Waals surface area contributed by atoms with Gasteiger partial charge in [-0.3, -0.25) is 4.79 Å². The SMILES string of the molecule is CNc1ccccc1C(=O)O[C@@H](C)C(=O)Nc1c(C)cc(C)cc1C. The maximum absolute atomic E-state index is 12.4. The lowest BCUT2D eigenvalue weighted by atomic mass is 10.0. The maximum atomic E-state index is 12.4. The van der Waals surface area contributed by atoms with Gasteiger partial charge in [0.05, 0.1) is 5.56 Å². The molecular weight excluding hydrogens is 316 g/mol. The monoisotopic (exact) mass is 340 g/mol. The number of hydrogen-bond donors (Lipinski definition) is 2. The molecule has 132 valence electrons. The van der Waals surface area contributed by atoms with Crippen molar-refractivity contribution in [2.24, 2.45) is 0 Å². The van der Waals surface area contributed by atoms with Gasteiger partial charge in [0.15, 0.2) is 6.10 Å². The van der Waals surface area contributed by atoms with Crippen LogP contribution >= 0.6 is 0 Å². The molecule has 2 aromatic rings. The molecule has 2 aromatic carbocycles. The first-order valence-electron chi connectivity index (χ1n) is 8.20. The van der Waals surface area contributed by atoms with Gasteiger partial charge in [-0.2, -0.15) is 0 Å². The van der Waals surface area contributed by atoms with Crippen LogP contribution in [0.15, 0.2) is 36.4 Å². The number of ether oxygens (including phenoxy) is 1. The summed E-state index contributed by atoms with van der Waals surface area (Å²) in [6, 6.07) is 11.0. The molecule has 0 fully saturated rings. The highest BCUT2D eigenvalue weighted by atomic mass is 16.5. The van der Waals surface area contributed by atoms with Gasteiger partial charge in [0.2, 0.25) is 0 Å². The molecule has 0 bridgehead atoms. The van der Waals surface area contributed by atoms with Crippen molar-refractivity contribution < 1.29 is 14.3 Å². The number of rotatable bonds is 5. The van der Waals surface area contributed by atoms with Gasteiger partial charge in [0.1, 0.15) is 0 Å². The van der Waals surface area contributed by atoms with Crippen LogP contribution in [0, 0.1) is 20.8 Å². The third-order valence-electron chi connectivity index (χ3n) is 3.99. The number of esters is 1. The molecule has 0 aromatic heterocycles. The largest absolute Gasteiger partial charge is 0.449 e. The lowest BCUT2D eigenvalue weighted by Crippen LogP contribution is -2.30. The highest BCUT2D eigenvalue weighted by Crippen LogP contribution is 2.22. The third-order valence-corrected chi connectivity index (χ3v) is 3.99. The van der Waals surface area contributed by atoms with E-state index in [9.17, 15) is 9.59 Å². The Balaban J connectivity index is 2.09. The zero-order valence-electron chi connectivity index (χ0n) is 15.3. The molecule has 5 heteroatoms. The van der Waals surface area contributed by atoms with Crippen molar-refractivity contribution in [1.82, 2.24) is 0 Å². The van der Waals surface area contributed by atoms with Crippen LogP contribution < -0.4 is 10.6 Å². The lowest BCUT2D eigenvalue weighted by molar-refractivity contribution is -0.123. The molecule has 2 N–H and O–H groups in total. The number of nitrogens with one attached hydrogen (secondary N) is 2. The van der Waals surface area contributed by atoms with Crippen LogP contribution in [0.3, 0.4) is 0 Å². The fourth-order valence-electron chi connectivity index (χ4n) is 2.76. The summed E-state index contributed by atoms with van der Waals surface area (Å²) in [7, 11) is 1.73. The minimum Gasteiger partial charge on any atom is -0.449 e. The predicted molar refractivity (Wildman–Crippen MR) is 100 cm³/mol. The van der Waals surface area contributed by atoms with Crippen LogP contribution in [-0.2, 0) is 9.53 Å². The van der Waals surface area contributed by atoms with Crippen molar-refractivity contribution in [3.05, 3.63) is 58.7 Å². The lowest BCUT2D eigenvalue weighted by Gasteiger charge is -2.17. The van der Waals surface area contributed by atoms with E-state index in [4.69, 9.17) is 4.74 Å². The second kappa shape index (κ2) is 7.83. The van der Waals surface area contributed by atoms with E-state index in [1.54, 1.807) is 32.2 Å². The molecule has 2 rings (SSSR count). The molecule has 0 aliphatic carbocycles. The molecule has 0 radical (unpaired) electrons. The van der Waals surface area contributed by atoms with Gasteiger partial charge < -0.3 is 15.4 Å². The second-order valence-electron chi connectivity index (χ2n) is 6.11. The smallest absolute Gasteiger partial charge is 0.341 e. The molecule has 0 aliphatic heterocycles. The minimum absolute atomic E-state index is 0.356. The fraction of sp³-hybridized carbons (Fsp3) is 0.300. The van der Waals surface area contributed by atoms with Gasteiger partial charge in [-0.05, 0) is 51.0 Å². The van der Waals surface area contributed by atoms with Crippen molar-refractivity contribution >= 4 is 23.3 Å². The fourth-order valence-corrected chi connectivity index (χ4v) is 2.76. The van der Waals surface area contributed by atoms with Crippen molar-refractivity contribution in [3.8, 4) is 0 Å². The molecule has 1 amide bonds. The Hall–Kier alpha value is -2.82. The predicted octanol–water partition coefficient (Wildman–Crippen LogP) is 3.84. The van der Waals surface area contributed by atoms with Crippen LogP contribution in [0.1, 0.15) is 34.0 Å². The maximum Gasteiger partial charge on any atom is 0.341 e. The Morgan fingerprint density at radius 3 is 2.24 bits per heavy atom. The van der Waals surface area contributed by atoms with Gasteiger partial charge in [0.25, 0.3) is 5.91 Å². The van der Waals surface area contributed by atoms with Crippen molar-refractivity contribution in [2.45, 2.75) is 33.8 Å². The van der Waals surface area contributed by atoms with Gasteiger partial charge in [-0.25, -0.2) is 4.79 Å². The highest BCUT2D eigenvalue weighted by molar-refractivity contribution is 6.00. The van der Waals surface area contributed by atoms with E-state index in [1.165, 1.54) is 0 Å². The van der Waals surface area contributed by atoms with Gasteiger partial charge in [0, 0.05) is 18.4 Å². The summed E-state index contributed by atoms with van der Waals surface area (Å²) in [6.07, 6.45) is -0.905. The van der Waals surface area contributed by atoms with Crippen LogP contribution in [-0.4, -0.2) is 25.0 Å². The van der Waals surface area contributed by atoms with E-state index in [0.717, 1.165) is 22.4 Å². The standard InChI is InChI=1S/C20H24N2O3/c1-12-10-13(2)18(14(3)11-12)22-19(23)15(4)25-20(24)16-8-6-7-9-17(16)21-5/h6-11,15,21H,1-5H3,(H,22,23)/t15-/m0/s1. The summed E-state index contributed by atoms with van der Waals surface area (Å²) in [6.45, 7) is 7.45. The zero-order valence-corrected chi connectivity index (χ0v) is 15.3. The van der Waals surface area contributed by atoms with Crippen molar-refractivity contribution in [1.29, 1.82) is 0 Å². The summed E-state index contributed by atoms with van der Waals surface area (Å²) < 4.78 is 5.33. The molecule has 0 aliphatic rings. The quantitative estimate of drug-likeness (QED) is 0.812. The van der Waals surface area contributed by atoms with E-state index < -0.39 is 12.1 Å². The van der Waals surface area contributed by atoms with E-state index >= 15 is 0 Å². The molecule has 0 spiro atoms. The molecule has 0 saturated carbocycles. The Morgan fingerprint density at radius 2 is 1.64 bits per heavy atom. The number of carbonyl (C=O) groups is 2. The molecule has 5 nitrogen and oxygen atoms in total. The number of para-hydroxylation sites is 1. The summed E-state index contributed by atoms with van der Waals surface area (Å²) in [4.78, 5) is 24.7. The number of aryl methyl sites for hydroxylation is 3. The third kappa shape index (κ3) is 4.38. The van der Waals surface area contributed by atoms with Crippen LogP contribution in [0.2, 0.25) is 0 Å². The number of hydrogen-bond acceptors (Lipinski definition) is 4. The second-order valence-corrected chi connectivity index (χ2v) is 6.11. The van der Waals surface area contributed by atoms with Crippen molar-refractivity contribution in [3.63, 3.8) is 0 Å². The average molecular weight is 340 g/mol.